The number of carbonyl (C=O) groups is 2. The number of anilines is 1. The van der Waals surface area contributed by atoms with Gasteiger partial charge in [0.25, 0.3) is 0 Å². The number of benzene rings is 2. The SMILES string of the molecule is COc1ccc(C(=O)CCCC(=O)Nc2ccc3oc(C)nc3c2)cc1. The van der Waals surface area contributed by atoms with Crippen LogP contribution in [0.25, 0.3) is 11.1 Å². The molecule has 1 amide bonds. The summed E-state index contributed by atoms with van der Waals surface area (Å²) in [5.41, 5.74) is 2.68. The van der Waals surface area contributed by atoms with Gasteiger partial charge in [0, 0.05) is 31.0 Å². The topological polar surface area (TPSA) is 81.4 Å². The number of methoxy groups -OCH3 is 1. The van der Waals surface area contributed by atoms with Crippen molar-refractivity contribution in [2.75, 3.05) is 12.4 Å². The Labute approximate surface area is 151 Å². The highest BCUT2D eigenvalue weighted by atomic mass is 16.5. The van der Waals surface area contributed by atoms with Crippen LogP contribution in [0.4, 0.5) is 5.69 Å². The molecule has 0 radical (unpaired) electrons. The molecule has 26 heavy (non-hydrogen) atoms. The van der Waals surface area contributed by atoms with Gasteiger partial charge in [0.15, 0.2) is 17.3 Å². The first kappa shape index (κ1) is 17.7. The molecule has 0 unspecified atom stereocenters. The molecule has 6 nitrogen and oxygen atoms in total. The van der Waals surface area contributed by atoms with E-state index in [4.69, 9.17) is 9.15 Å². The van der Waals surface area contributed by atoms with Crippen LogP contribution in [0.3, 0.4) is 0 Å². The number of ketones is 1. The quantitative estimate of drug-likeness (QED) is 0.646. The second kappa shape index (κ2) is 7.82. The molecule has 0 saturated carbocycles. The molecule has 3 rings (SSSR count). The number of Topliss-reactive ketones (excluding diaryl/α,β-unsaturated/α-hetero) is 1. The molecule has 3 aromatic rings. The molecule has 1 aromatic heterocycles. The van der Waals surface area contributed by atoms with E-state index in [2.05, 4.69) is 10.3 Å². The van der Waals surface area contributed by atoms with Gasteiger partial charge >= 0.3 is 0 Å². The van der Waals surface area contributed by atoms with Crippen molar-refractivity contribution in [2.24, 2.45) is 0 Å². The largest absolute Gasteiger partial charge is 0.497 e. The summed E-state index contributed by atoms with van der Waals surface area (Å²) in [5, 5.41) is 2.82. The van der Waals surface area contributed by atoms with Crippen molar-refractivity contribution >= 4 is 28.5 Å². The van der Waals surface area contributed by atoms with Gasteiger partial charge in [-0.25, -0.2) is 4.98 Å². The van der Waals surface area contributed by atoms with E-state index in [1.807, 2.05) is 0 Å². The molecule has 0 spiro atoms. The lowest BCUT2D eigenvalue weighted by Gasteiger charge is -2.05. The summed E-state index contributed by atoms with van der Waals surface area (Å²) < 4.78 is 10.5. The van der Waals surface area contributed by atoms with Crippen molar-refractivity contribution in [1.29, 1.82) is 0 Å². The van der Waals surface area contributed by atoms with Crippen LogP contribution >= 0.6 is 0 Å². The molecule has 1 heterocycles. The Hall–Kier alpha value is -3.15. The second-order valence-electron chi connectivity index (χ2n) is 5.97. The summed E-state index contributed by atoms with van der Waals surface area (Å²) >= 11 is 0. The standard InChI is InChI=1S/C20H20N2O4/c1-13-21-17-12-15(8-11-19(17)26-13)22-20(24)5-3-4-18(23)14-6-9-16(25-2)10-7-14/h6-12H,3-5H2,1-2H3,(H,22,24). The van der Waals surface area contributed by atoms with E-state index in [0.717, 1.165) is 0 Å². The molecule has 0 aliphatic heterocycles. The first-order valence-electron chi connectivity index (χ1n) is 8.39. The number of fused-ring (bicyclic) bond motifs is 1. The van der Waals surface area contributed by atoms with E-state index in [9.17, 15) is 9.59 Å². The summed E-state index contributed by atoms with van der Waals surface area (Å²) in [6.45, 7) is 1.78. The summed E-state index contributed by atoms with van der Waals surface area (Å²) in [5.74, 6) is 1.17. The van der Waals surface area contributed by atoms with Crippen molar-refractivity contribution in [3.63, 3.8) is 0 Å². The molecule has 0 aliphatic rings. The Kier molecular flexibility index (Phi) is 5.31. The van der Waals surface area contributed by atoms with Crippen LogP contribution in [-0.4, -0.2) is 23.8 Å². The fourth-order valence-electron chi connectivity index (χ4n) is 2.67. The minimum absolute atomic E-state index is 0.0138. The smallest absolute Gasteiger partial charge is 0.224 e. The predicted molar refractivity (Wildman–Crippen MR) is 98.6 cm³/mol. The summed E-state index contributed by atoms with van der Waals surface area (Å²) in [7, 11) is 1.58. The van der Waals surface area contributed by atoms with Crippen molar-refractivity contribution in [1.82, 2.24) is 4.98 Å². The normalized spacial score (nSPS) is 10.7. The van der Waals surface area contributed by atoms with E-state index in [0.29, 0.717) is 46.8 Å². The molecule has 0 fully saturated rings. The Morgan fingerprint density at radius 3 is 2.62 bits per heavy atom. The van der Waals surface area contributed by atoms with E-state index in [1.165, 1.54) is 0 Å². The molecule has 0 atom stereocenters. The van der Waals surface area contributed by atoms with Crippen LogP contribution in [0.1, 0.15) is 35.5 Å². The Morgan fingerprint density at radius 2 is 1.88 bits per heavy atom. The zero-order valence-electron chi connectivity index (χ0n) is 14.7. The van der Waals surface area contributed by atoms with Crippen LogP contribution in [0.5, 0.6) is 5.75 Å². The minimum Gasteiger partial charge on any atom is -0.497 e. The van der Waals surface area contributed by atoms with Gasteiger partial charge in [-0.2, -0.15) is 0 Å². The first-order chi connectivity index (χ1) is 12.5. The minimum atomic E-state index is -0.132. The average Bonchev–Trinajstić information content (AvgIpc) is 3.01. The second-order valence-corrected chi connectivity index (χ2v) is 5.97. The van der Waals surface area contributed by atoms with Crippen molar-refractivity contribution in [3.05, 3.63) is 53.9 Å². The lowest BCUT2D eigenvalue weighted by molar-refractivity contribution is -0.116. The van der Waals surface area contributed by atoms with Crippen LogP contribution in [-0.2, 0) is 4.79 Å². The highest BCUT2D eigenvalue weighted by Crippen LogP contribution is 2.20. The molecule has 134 valence electrons. The van der Waals surface area contributed by atoms with Gasteiger partial charge in [0.2, 0.25) is 5.91 Å². The van der Waals surface area contributed by atoms with Crippen LogP contribution < -0.4 is 10.1 Å². The maximum atomic E-state index is 12.1. The highest BCUT2D eigenvalue weighted by Gasteiger charge is 2.09. The number of hydrogen-bond donors (Lipinski definition) is 1. The van der Waals surface area contributed by atoms with E-state index in [1.54, 1.807) is 56.5 Å². The lowest BCUT2D eigenvalue weighted by Crippen LogP contribution is -2.12. The molecule has 6 heteroatoms. The Balaban J connectivity index is 1.49. The molecule has 0 saturated heterocycles. The molecule has 0 bridgehead atoms. The predicted octanol–water partition coefficient (Wildman–Crippen LogP) is 4.14. The highest BCUT2D eigenvalue weighted by molar-refractivity contribution is 5.97. The van der Waals surface area contributed by atoms with Gasteiger partial charge < -0.3 is 14.5 Å². The molecular formula is C20H20N2O4. The Morgan fingerprint density at radius 1 is 1.12 bits per heavy atom. The van der Waals surface area contributed by atoms with Gasteiger partial charge in [-0.1, -0.05) is 0 Å². The maximum Gasteiger partial charge on any atom is 0.224 e. The zero-order chi connectivity index (χ0) is 18.5. The summed E-state index contributed by atoms with van der Waals surface area (Å²) in [6.07, 6.45) is 1.08. The number of carbonyl (C=O) groups excluding carboxylic acids is 2. The fraction of sp³-hybridized carbons (Fsp3) is 0.250. The zero-order valence-corrected chi connectivity index (χ0v) is 14.7. The van der Waals surface area contributed by atoms with Gasteiger partial charge in [-0.3, -0.25) is 9.59 Å². The molecule has 2 aromatic carbocycles. The molecule has 0 aliphatic carbocycles. The number of aromatic nitrogens is 1. The third-order valence-corrected chi connectivity index (χ3v) is 4.00. The number of nitrogens with one attached hydrogen (secondary N) is 1. The first-order valence-corrected chi connectivity index (χ1v) is 8.39. The molecular weight excluding hydrogens is 332 g/mol. The monoisotopic (exact) mass is 352 g/mol. The Bertz CT molecular complexity index is 929. The molecule has 1 N–H and O–H groups in total. The third-order valence-electron chi connectivity index (χ3n) is 4.00. The number of nitrogens with zero attached hydrogens (tertiary/aromatic N) is 1. The summed E-state index contributed by atoms with van der Waals surface area (Å²) in [4.78, 5) is 28.5. The van der Waals surface area contributed by atoms with Crippen molar-refractivity contribution < 1.29 is 18.7 Å². The number of aryl methyl sites for hydroxylation is 1. The summed E-state index contributed by atoms with van der Waals surface area (Å²) in [6, 6.07) is 12.3. The number of oxazole rings is 1. The maximum absolute atomic E-state index is 12.1. The van der Waals surface area contributed by atoms with Gasteiger partial charge in [-0.15, -0.1) is 0 Å². The number of ether oxygens (including phenoxy) is 1. The van der Waals surface area contributed by atoms with Crippen molar-refractivity contribution in [3.8, 4) is 5.75 Å². The van der Waals surface area contributed by atoms with Gasteiger partial charge in [-0.05, 0) is 48.9 Å². The fourth-order valence-corrected chi connectivity index (χ4v) is 2.67. The van der Waals surface area contributed by atoms with E-state index >= 15 is 0 Å². The van der Waals surface area contributed by atoms with Gasteiger partial charge in [0.05, 0.1) is 7.11 Å². The number of rotatable bonds is 7. The average molecular weight is 352 g/mol. The van der Waals surface area contributed by atoms with Gasteiger partial charge in [0.1, 0.15) is 11.3 Å². The van der Waals surface area contributed by atoms with Crippen molar-refractivity contribution in [2.45, 2.75) is 26.2 Å². The van der Waals surface area contributed by atoms with Crippen LogP contribution in [0.2, 0.25) is 0 Å². The van der Waals surface area contributed by atoms with E-state index < -0.39 is 0 Å². The number of amides is 1. The van der Waals surface area contributed by atoms with E-state index in [-0.39, 0.29) is 18.1 Å². The van der Waals surface area contributed by atoms with Crippen LogP contribution in [0.15, 0.2) is 46.9 Å². The lowest BCUT2D eigenvalue weighted by atomic mass is 10.1. The third kappa shape index (κ3) is 4.27. The van der Waals surface area contributed by atoms with Crippen LogP contribution in [0, 0.1) is 6.92 Å². The number of hydrogen-bond acceptors (Lipinski definition) is 5.